The predicted octanol–water partition coefficient (Wildman–Crippen LogP) is 2.55. The van der Waals surface area contributed by atoms with Crippen molar-refractivity contribution < 1.29 is 9.90 Å². The lowest BCUT2D eigenvalue weighted by molar-refractivity contribution is 0.235. The fourth-order valence-electron chi connectivity index (χ4n) is 1.71. The van der Waals surface area contributed by atoms with Gasteiger partial charge in [-0.05, 0) is 38.8 Å². The van der Waals surface area contributed by atoms with Gasteiger partial charge in [0.2, 0.25) is 0 Å². The Bertz CT molecular complexity index is 395. The number of urea groups is 1. The topological polar surface area (TPSA) is 61.4 Å². The second kappa shape index (κ2) is 9.66. The molecule has 0 spiro atoms. The molecule has 1 aromatic carbocycles. The molecular formula is C15H24N2O2S. The number of amides is 2. The van der Waals surface area contributed by atoms with Gasteiger partial charge in [-0.15, -0.1) is 11.8 Å². The average molecular weight is 296 g/mol. The van der Waals surface area contributed by atoms with Crippen molar-refractivity contribution in [2.24, 2.45) is 0 Å². The van der Waals surface area contributed by atoms with Crippen LogP contribution >= 0.6 is 11.8 Å². The Balaban J connectivity index is 2.11. The van der Waals surface area contributed by atoms with Crippen molar-refractivity contribution in [3.05, 3.63) is 29.8 Å². The molecule has 0 saturated heterocycles. The molecular weight excluding hydrogens is 272 g/mol. The number of rotatable bonds is 8. The molecule has 0 saturated carbocycles. The summed E-state index contributed by atoms with van der Waals surface area (Å²) in [6.45, 7) is 4.81. The third-order valence-corrected chi connectivity index (χ3v) is 3.86. The number of aliphatic hydroxyl groups is 1. The van der Waals surface area contributed by atoms with Crippen molar-refractivity contribution in [1.29, 1.82) is 0 Å². The van der Waals surface area contributed by atoms with Crippen LogP contribution in [0.1, 0.15) is 25.3 Å². The highest BCUT2D eigenvalue weighted by Crippen LogP contribution is 2.17. The normalized spacial score (nSPS) is 11.9. The molecule has 0 aliphatic carbocycles. The third-order valence-electron chi connectivity index (χ3n) is 2.85. The van der Waals surface area contributed by atoms with E-state index in [9.17, 15) is 4.79 Å². The first-order valence-corrected chi connectivity index (χ1v) is 7.95. The Morgan fingerprint density at radius 2 is 2.05 bits per heavy atom. The zero-order chi connectivity index (χ0) is 14.8. The number of aliphatic hydroxyl groups excluding tert-OH is 1. The maximum absolute atomic E-state index is 11.6. The standard InChI is InChI=1S/C15H24N2O2S/c1-12-5-7-14(8-6-12)20-11-9-16-15(19)17-13(2)4-3-10-18/h5-8,13,18H,3-4,9-11H2,1-2H3,(H2,16,17,19). The van der Waals surface area contributed by atoms with E-state index in [1.165, 1.54) is 10.5 Å². The van der Waals surface area contributed by atoms with Crippen LogP contribution in [0.3, 0.4) is 0 Å². The van der Waals surface area contributed by atoms with Crippen LogP contribution in [-0.2, 0) is 0 Å². The van der Waals surface area contributed by atoms with E-state index >= 15 is 0 Å². The quantitative estimate of drug-likeness (QED) is 0.510. The van der Waals surface area contributed by atoms with E-state index in [1.807, 2.05) is 6.92 Å². The number of hydrogen-bond donors (Lipinski definition) is 3. The summed E-state index contributed by atoms with van der Waals surface area (Å²) in [5, 5.41) is 14.4. The fraction of sp³-hybridized carbons (Fsp3) is 0.533. The fourth-order valence-corrected chi connectivity index (χ4v) is 2.48. The van der Waals surface area contributed by atoms with Crippen molar-refractivity contribution in [3.63, 3.8) is 0 Å². The summed E-state index contributed by atoms with van der Waals surface area (Å²) in [5.41, 5.74) is 1.25. The lowest BCUT2D eigenvalue weighted by Crippen LogP contribution is -2.41. The number of nitrogens with one attached hydrogen (secondary N) is 2. The molecule has 2 amide bonds. The van der Waals surface area contributed by atoms with Gasteiger partial charge in [0.05, 0.1) is 0 Å². The van der Waals surface area contributed by atoms with Gasteiger partial charge >= 0.3 is 6.03 Å². The monoisotopic (exact) mass is 296 g/mol. The van der Waals surface area contributed by atoms with Gasteiger partial charge in [-0.25, -0.2) is 4.79 Å². The maximum atomic E-state index is 11.6. The summed E-state index contributed by atoms with van der Waals surface area (Å²) in [6.07, 6.45) is 1.51. The molecule has 4 nitrogen and oxygen atoms in total. The molecule has 0 radical (unpaired) electrons. The van der Waals surface area contributed by atoms with E-state index in [1.54, 1.807) is 11.8 Å². The van der Waals surface area contributed by atoms with Gasteiger partial charge in [-0.3, -0.25) is 0 Å². The van der Waals surface area contributed by atoms with Crippen LogP contribution < -0.4 is 10.6 Å². The highest BCUT2D eigenvalue weighted by molar-refractivity contribution is 7.99. The third kappa shape index (κ3) is 7.40. The SMILES string of the molecule is Cc1ccc(SCCNC(=O)NC(C)CCCO)cc1. The minimum Gasteiger partial charge on any atom is -0.396 e. The molecule has 0 aliphatic heterocycles. The van der Waals surface area contributed by atoms with Crippen LogP contribution in [0.15, 0.2) is 29.2 Å². The zero-order valence-corrected chi connectivity index (χ0v) is 13.0. The van der Waals surface area contributed by atoms with E-state index in [0.717, 1.165) is 12.2 Å². The van der Waals surface area contributed by atoms with Gasteiger partial charge in [-0.2, -0.15) is 0 Å². The van der Waals surface area contributed by atoms with Gasteiger partial charge in [0.1, 0.15) is 0 Å². The Kier molecular flexibility index (Phi) is 8.14. The van der Waals surface area contributed by atoms with Gasteiger partial charge in [-0.1, -0.05) is 17.7 Å². The van der Waals surface area contributed by atoms with E-state index in [-0.39, 0.29) is 18.7 Å². The van der Waals surface area contributed by atoms with Crippen LogP contribution in [0, 0.1) is 6.92 Å². The lowest BCUT2D eigenvalue weighted by atomic mass is 10.2. The largest absolute Gasteiger partial charge is 0.396 e. The summed E-state index contributed by atoms with van der Waals surface area (Å²) in [7, 11) is 0. The number of thioether (sulfide) groups is 1. The Hall–Kier alpha value is -1.20. The predicted molar refractivity (Wildman–Crippen MR) is 84.2 cm³/mol. The van der Waals surface area contributed by atoms with Gasteiger partial charge in [0.25, 0.3) is 0 Å². The number of carbonyl (C=O) groups excluding carboxylic acids is 1. The minimum atomic E-state index is -0.139. The summed E-state index contributed by atoms with van der Waals surface area (Å²) >= 11 is 1.73. The van der Waals surface area contributed by atoms with Crippen LogP contribution in [0.5, 0.6) is 0 Å². The molecule has 20 heavy (non-hydrogen) atoms. The van der Waals surface area contributed by atoms with Crippen LogP contribution in [-0.4, -0.2) is 36.1 Å². The molecule has 3 N–H and O–H groups in total. The average Bonchev–Trinajstić information content (AvgIpc) is 2.43. The zero-order valence-electron chi connectivity index (χ0n) is 12.2. The van der Waals surface area contributed by atoms with E-state index in [4.69, 9.17) is 5.11 Å². The Labute approximate surface area is 125 Å². The molecule has 5 heteroatoms. The number of carbonyl (C=O) groups is 1. The summed E-state index contributed by atoms with van der Waals surface area (Å²) < 4.78 is 0. The molecule has 0 fully saturated rings. The second-order valence-corrected chi connectivity index (χ2v) is 6.00. The van der Waals surface area contributed by atoms with Crippen molar-refractivity contribution in [2.45, 2.75) is 37.6 Å². The highest BCUT2D eigenvalue weighted by atomic mass is 32.2. The van der Waals surface area contributed by atoms with Crippen LogP contribution in [0.2, 0.25) is 0 Å². The molecule has 1 unspecified atom stereocenters. The molecule has 1 aromatic rings. The van der Waals surface area contributed by atoms with E-state index in [0.29, 0.717) is 13.0 Å². The highest BCUT2D eigenvalue weighted by Gasteiger charge is 2.05. The molecule has 0 bridgehead atoms. The number of aryl methyl sites for hydroxylation is 1. The summed E-state index contributed by atoms with van der Waals surface area (Å²) in [4.78, 5) is 12.8. The van der Waals surface area contributed by atoms with Gasteiger partial charge in [0.15, 0.2) is 0 Å². The smallest absolute Gasteiger partial charge is 0.315 e. The van der Waals surface area contributed by atoms with Crippen molar-refractivity contribution in [2.75, 3.05) is 18.9 Å². The van der Waals surface area contributed by atoms with Crippen molar-refractivity contribution >= 4 is 17.8 Å². The Morgan fingerprint density at radius 1 is 1.35 bits per heavy atom. The Morgan fingerprint density at radius 3 is 2.70 bits per heavy atom. The number of hydrogen-bond acceptors (Lipinski definition) is 3. The maximum Gasteiger partial charge on any atom is 0.315 e. The van der Waals surface area contributed by atoms with E-state index < -0.39 is 0 Å². The summed E-state index contributed by atoms with van der Waals surface area (Å²) in [5.74, 6) is 0.849. The molecule has 0 aliphatic rings. The first-order valence-electron chi connectivity index (χ1n) is 6.96. The van der Waals surface area contributed by atoms with Gasteiger partial charge in [0, 0.05) is 29.8 Å². The van der Waals surface area contributed by atoms with Gasteiger partial charge < -0.3 is 15.7 Å². The molecule has 1 rings (SSSR count). The van der Waals surface area contributed by atoms with Crippen molar-refractivity contribution in [3.8, 4) is 0 Å². The first kappa shape index (κ1) is 16.9. The lowest BCUT2D eigenvalue weighted by Gasteiger charge is -2.13. The van der Waals surface area contributed by atoms with E-state index in [2.05, 4.69) is 41.8 Å². The summed E-state index contributed by atoms with van der Waals surface area (Å²) in [6, 6.07) is 8.32. The van der Waals surface area contributed by atoms with Crippen LogP contribution in [0.25, 0.3) is 0 Å². The van der Waals surface area contributed by atoms with Crippen molar-refractivity contribution in [1.82, 2.24) is 10.6 Å². The second-order valence-electron chi connectivity index (χ2n) is 4.83. The molecule has 0 aromatic heterocycles. The number of benzene rings is 1. The molecule has 112 valence electrons. The van der Waals surface area contributed by atoms with Crippen LogP contribution in [0.4, 0.5) is 4.79 Å². The molecule has 0 heterocycles. The first-order chi connectivity index (χ1) is 9.61. The molecule has 1 atom stereocenters. The minimum absolute atomic E-state index is 0.0897.